The van der Waals surface area contributed by atoms with Crippen LogP contribution in [-0.2, 0) is 0 Å². The van der Waals surface area contributed by atoms with Crippen LogP contribution >= 0.6 is 34.0 Å². The zero-order valence-electron chi connectivity index (χ0n) is 13.6. The summed E-state index contributed by atoms with van der Waals surface area (Å²) in [4.78, 5) is 11.2. The van der Waals surface area contributed by atoms with E-state index in [4.69, 9.17) is 23.2 Å². The van der Waals surface area contributed by atoms with Gasteiger partial charge in [0.2, 0.25) is 5.96 Å². The summed E-state index contributed by atoms with van der Waals surface area (Å²) in [5.41, 5.74) is 0.538. The molecule has 3 aromatic rings. The van der Waals surface area contributed by atoms with Gasteiger partial charge in [-0.3, -0.25) is 9.11 Å². The molecule has 0 radical (unpaired) electrons. The van der Waals surface area contributed by atoms with Crippen LogP contribution in [0.15, 0.2) is 39.8 Å². The third kappa shape index (κ3) is 2.99. The van der Waals surface area contributed by atoms with E-state index >= 15 is 0 Å². The number of fused-ring (bicyclic) bond motifs is 2. The lowest BCUT2D eigenvalue weighted by atomic mass is 10.2. The Morgan fingerprint density at radius 1 is 1.25 bits per heavy atom. The van der Waals surface area contributed by atoms with E-state index in [1.54, 1.807) is 6.07 Å². The Morgan fingerprint density at radius 2 is 2.00 bits per heavy atom. The summed E-state index contributed by atoms with van der Waals surface area (Å²) in [7, 11) is -3.65. The van der Waals surface area contributed by atoms with E-state index in [-0.39, 0.29) is 37.9 Å². The van der Waals surface area contributed by atoms with Gasteiger partial charge >= 0.3 is 6.09 Å². The minimum atomic E-state index is -3.65. The summed E-state index contributed by atoms with van der Waals surface area (Å²) in [6, 6.07) is 5.53. The highest BCUT2D eigenvalue weighted by Gasteiger charge is 2.29. The number of aromatic hydroxyl groups is 1. The number of nitrogens with one attached hydrogen (secondary N) is 2. The van der Waals surface area contributed by atoms with E-state index in [0.717, 1.165) is 4.68 Å². The Morgan fingerprint density at radius 3 is 2.71 bits per heavy atom. The standard InChI is InChI=1S/C15H11Cl2N5O5S/c16-6-3-10(23)12-11(4-6)28(26,27)21-14(20-12)19-9-2-1-8(17)13-7(9)5-18-22(13)15(24)25/h1-5,23,26-27H,(H,24,25)(H2,19,20,21). The number of hydrogen-bond acceptors (Lipinski definition) is 8. The molecular formula is C15H11Cl2N5O5S. The number of anilines is 2. The summed E-state index contributed by atoms with van der Waals surface area (Å²) >= 11 is 11.9. The van der Waals surface area contributed by atoms with Crippen molar-refractivity contribution in [2.24, 2.45) is 4.40 Å². The maximum Gasteiger partial charge on any atom is 0.432 e. The van der Waals surface area contributed by atoms with E-state index < -0.39 is 16.9 Å². The molecule has 6 N–H and O–H groups in total. The predicted octanol–water partition coefficient (Wildman–Crippen LogP) is 4.49. The lowest BCUT2D eigenvalue weighted by molar-refractivity contribution is 0.194. The van der Waals surface area contributed by atoms with Crippen LogP contribution in [0.5, 0.6) is 5.75 Å². The molecule has 10 nitrogen and oxygen atoms in total. The molecule has 146 valence electrons. The van der Waals surface area contributed by atoms with Crippen molar-refractivity contribution in [3.05, 3.63) is 40.5 Å². The molecule has 0 amide bonds. The van der Waals surface area contributed by atoms with Crippen molar-refractivity contribution in [2.45, 2.75) is 4.90 Å². The van der Waals surface area contributed by atoms with Crippen LogP contribution in [0.25, 0.3) is 10.9 Å². The predicted molar refractivity (Wildman–Crippen MR) is 107 cm³/mol. The first-order valence-corrected chi connectivity index (χ1v) is 9.77. The van der Waals surface area contributed by atoms with Crippen molar-refractivity contribution in [3.8, 4) is 5.75 Å². The number of hydrogen-bond donors (Lipinski definition) is 6. The van der Waals surface area contributed by atoms with E-state index in [1.807, 2.05) is 0 Å². The highest BCUT2D eigenvalue weighted by Crippen LogP contribution is 2.57. The van der Waals surface area contributed by atoms with E-state index in [0.29, 0.717) is 11.1 Å². The fraction of sp³-hybridized carbons (Fsp3) is 0. The zero-order valence-corrected chi connectivity index (χ0v) is 15.9. The van der Waals surface area contributed by atoms with Crippen molar-refractivity contribution in [2.75, 3.05) is 10.6 Å². The molecule has 0 unspecified atom stereocenters. The number of carboxylic acid groups (broad SMARTS) is 1. The van der Waals surface area contributed by atoms with Crippen LogP contribution < -0.4 is 10.6 Å². The van der Waals surface area contributed by atoms with Gasteiger partial charge in [0.1, 0.15) is 21.8 Å². The third-order valence-corrected chi connectivity index (χ3v) is 5.79. The number of guanidine groups is 1. The lowest BCUT2D eigenvalue weighted by Gasteiger charge is -2.34. The van der Waals surface area contributed by atoms with E-state index in [2.05, 4.69) is 20.1 Å². The molecule has 1 aliphatic heterocycles. The van der Waals surface area contributed by atoms with Crippen LogP contribution in [0.3, 0.4) is 0 Å². The van der Waals surface area contributed by atoms with E-state index in [1.165, 1.54) is 24.4 Å². The molecule has 0 saturated heterocycles. The van der Waals surface area contributed by atoms with Crippen LogP contribution in [0, 0.1) is 0 Å². The first-order chi connectivity index (χ1) is 13.2. The van der Waals surface area contributed by atoms with Gasteiger partial charge in [0.15, 0.2) is 0 Å². The Hall–Kier alpha value is -2.70. The maximum atomic E-state index is 11.3. The number of benzene rings is 2. The molecule has 1 aromatic heterocycles. The van der Waals surface area contributed by atoms with Gasteiger partial charge in [-0.25, -0.2) is 4.79 Å². The quantitative estimate of drug-likeness (QED) is 0.300. The normalized spacial score (nSPS) is 16.1. The molecule has 0 bridgehead atoms. The molecule has 0 saturated carbocycles. The zero-order chi connectivity index (χ0) is 20.2. The second-order valence-electron chi connectivity index (χ2n) is 5.70. The fourth-order valence-electron chi connectivity index (χ4n) is 2.76. The molecule has 2 heterocycles. The van der Waals surface area contributed by atoms with Gasteiger partial charge in [0.05, 0.1) is 16.9 Å². The summed E-state index contributed by atoms with van der Waals surface area (Å²) in [5.74, 6) is -0.381. The molecule has 4 rings (SSSR count). The number of phenolic OH excluding ortho intramolecular Hbond substituents is 1. The maximum absolute atomic E-state index is 11.3. The molecule has 0 spiro atoms. The van der Waals surface area contributed by atoms with Gasteiger partial charge < -0.3 is 20.8 Å². The molecule has 0 aliphatic carbocycles. The number of aromatic nitrogens is 2. The summed E-state index contributed by atoms with van der Waals surface area (Å²) in [6.45, 7) is 0. The van der Waals surface area contributed by atoms with Gasteiger partial charge in [0.25, 0.3) is 0 Å². The summed E-state index contributed by atoms with van der Waals surface area (Å²) in [5, 5.41) is 29.3. The van der Waals surface area contributed by atoms with Gasteiger partial charge in [0, 0.05) is 16.5 Å². The first-order valence-electron chi connectivity index (χ1n) is 7.51. The molecule has 1 aliphatic rings. The molecule has 0 atom stereocenters. The summed E-state index contributed by atoms with van der Waals surface area (Å²) < 4.78 is 25.3. The molecule has 0 fully saturated rings. The number of rotatable bonds is 1. The smallest absolute Gasteiger partial charge is 0.432 e. The van der Waals surface area contributed by atoms with Crippen molar-refractivity contribution >= 4 is 68.3 Å². The van der Waals surface area contributed by atoms with E-state index in [9.17, 15) is 24.1 Å². The Kier molecular flexibility index (Phi) is 4.28. The summed E-state index contributed by atoms with van der Waals surface area (Å²) in [6.07, 6.45) is -0.0170. The van der Waals surface area contributed by atoms with Crippen LogP contribution in [0.1, 0.15) is 0 Å². The van der Waals surface area contributed by atoms with Crippen LogP contribution in [0.2, 0.25) is 10.0 Å². The van der Waals surface area contributed by atoms with Gasteiger partial charge in [-0.15, -0.1) is 4.40 Å². The monoisotopic (exact) mass is 443 g/mol. The highest BCUT2D eigenvalue weighted by atomic mass is 35.5. The Bertz CT molecular complexity index is 1180. The number of nitrogens with zero attached hydrogens (tertiary/aromatic N) is 3. The van der Waals surface area contributed by atoms with Gasteiger partial charge in [-0.2, -0.15) is 9.78 Å². The molecular weight excluding hydrogens is 433 g/mol. The topological polar surface area (TPSA) is 152 Å². The number of carbonyl (C=O) groups is 1. The van der Waals surface area contributed by atoms with Crippen molar-refractivity contribution in [3.63, 3.8) is 0 Å². The van der Waals surface area contributed by atoms with Gasteiger partial charge in [-0.05, 0) is 18.2 Å². The van der Waals surface area contributed by atoms with Crippen LogP contribution in [-0.4, -0.2) is 41.2 Å². The number of phenols is 1. The van der Waals surface area contributed by atoms with Crippen molar-refractivity contribution < 1.29 is 24.1 Å². The minimum Gasteiger partial charge on any atom is -0.506 e. The van der Waals surface area contributed by atoms with Crippen molar-refractivity contribution in [1.82, 2.24) is 9.78 Å². The lowest BCUT2D eigenvalue weighted by Crippen LogP contribution is -2.27. The second-order valence-corrected chi connectivity index (χ2v) is 8.21. The third-order valence-electron chi connectivity index (χ3n) is 3.92. The Balaban J connectivity index is 1.78. The molecule has 28 heavy (non-hydrogen) atoms. The molecule has 2 aromatic carbocycles. The average molecular weight is 444 g/mol. The van der Waals surface area contributed by atoms with Crippen molar-refractivity contribution in [1.29, 1.82) is 0 Å². The minimum absolute atomic E-state index is 0.0355. The number of halogens is 2. The second kappa shape index (κ2) is 6.43. The molecule has 13 heteroatoms. The fourth-order valence-corrected chi connectivity index (χ4v) is 4.44. The Labute approximate surface area is 168 Å². The van der Waals surface area contributed by atoms with Gasteiger partial charge in [-0.1, -0.05) is 34.0 Å². The highest BCUT2D eigenvalue weighted by molar-refractivity contribution is 8.23. The van der Waals surface area contributed by atoms with Crippen LogP contribution in [0.4, 0.5) is 16.2 Å². The average Bonchev–Trinajstić information content (AvgIpc) is 3.05. The largest absolute Gasteiger partial charge is 0.506 e. The SMILES string of the molecule is O=C(O)n1ncc2c(NC3=NS(O)(O)c4cc(Cl)cc(O)c4N3)ccc(Cl)c21. The first kappa shape index (κ1) is 18.7.